The van der Waals surface area contributed by atoms with Gasteiger partial charge in [0.15, 0.2) is 5.96 Å². The summed E-state index contributed by atoms with van der Waals surface area (Å²) in [6, 6.07) is 8.91. The lowest BCUT2D eigenvalue weighted by Gasteiger charge is -2.29. The average molecular weight is 558 g/mol. The summed E-state index contributed by atoms with van der Waals surface area (Å²) in [6.45, 7) is 5.91. The summed E-state index contributed by atoms with van der Waals surface area (Å²) in [5, 5.41) is 9.89. The summed E-state index contributed by atoms with van der Waals surface area (Å²) in [5.41, 5.74) is 1.26. The highest BCUT2D eigenvalue weighted by Crippen LogP contribution is 2.26. The van der Waals surface area contributed by atoms with Gasteiger partial charge in [-0.05, 0) is 63.4 Å². The maximum absolute atomic E-state index is 12.4. The number of halogens is 1. The van der Waals surface area contributed by atoms with Crippen LogP contribution in [0.5, 0.6) is 5.75 Å². The van der Waals surface area contributed by atoms with E-state index in [1.807, 2.05) is 19.1 Å². The van der Waals surface area contributed by atoms with Crippen LogP contribution in [0.3, 0.4) is 0 Å². The number of nitrogens with zero attached hydrogens (tertiary/aromatic N) is 2. The lowest BCUT2D eigenvalue weighted by Crippen LogP contribution is -2.43. The van der Waals surface area contributed by atoms with E-state index in [1.165, 1.54) is 37.7 Å². The number of ether oxygens (including phenoxy) is 1. The van der Waals surface area contributed by atoms with Gasteiger partial charge in [-0.3, -0.25) is 9.69 Å². The molecule has 180 valence electrons. The minimum Gasteiger partial charge on any atom is -0.497 e. The number of aliphatic imine (C=N–C) groups is 1. The van der Waals surface area contributed by atoms with E-state index in [0.29, 0.717) is 12.0 Å². The maximum Gasteiger partial charge on any atom is 0.242 e. The van der Waals surface area contributed by atoms with Crippen molar-refractivity contribution in [2.45, 2.75) is 64.0 Å². The standard InChI is InChI=1S/C24H39N5O2.HI/c1-3-25-24(27-18-23(30)28-20-9-5-4-6-10-20)26-17-22(29-15-7-8-16-29)19-11-13-21(31-2)14-12-19;/h11-14,20,22H,3-10,15-18H2,1-2H3,(H,28,30)(H2,25,26,27);1H. The molecular weight excluding hydrogens is 517 g/mol. The number of benzene rings is 1. The Morgan fingerprint density at radius 2 is 1.78 bits per heavy atom. The average Bonchev–Trinajstić information content (AvgIpc) is 3.33. The lowest BCUT2D eigenvalue weighted by atomic mass is 9.95. The zero-order valence-electron chi connectivity index (χ0n) is 19.6. The third-order valence-electron chi connectivity index (χ3n) is 6.24. The summed E-state index contributed by atoms with van der Waals surface area (Å²) < 4.78 is 5.32. The first-order chi connectivity index (χ1) is 15.2. The fourth-order valence-electron chi connectivity index (χ4n) is 4.54. The number of carbonyl (C=O) groups excluding carboxylic acids is 1. The first-order valence-corrected chi connectivity index (χ1v) is 11.9. The molecule has 1 amide bonds. The zero-order chi connectivity index (χ0) is 21.9. The number of carbonyl (C=O) groups is 1. The van der Waals surface area contributed by atoms with Crippen LogP contribution in [0.1, 0.15) is 63.5 Å². The molecule has 1 aliphatic carbocycles. The van der Waals surface area contributed by atoms with Gasteiger partial charge in [-0.15, -0.1) is 24.0 Å². The molecule has 3 rings (SSSR count). The Bertz CT molecular complexity index is 701. The van der Waals surface area contributed by atoms with Crippen LogP contribution in [-0.2, 0) is 4.79 Å². The van der Waals surface area contributed by atoms with E-state index in [-0.39, 0.29) is 42.5 Å². The van der Waals surface area contributed by atoms with Gasteiger partial charge in [0.25, 0.3) is 0 Å². The summed E-state index contributed by atoms with van der Waals surface area (Å²) >= 11 is 0. The highest BCUT2D eigenvalue weighted by atomic mass is 127. The number of guanidine groups is 1. The van der Waals surface area contributed by atoms with Crippen molar-refractivity contribution < 1.29 is 9.53 Å². The molecule has 2 fully saturated rings. The third-order valence-corrected chi connectivity index (χ3v) is 6.24. The van der Waals surface area contributed by atoms with Gasteiger partial charge in [0, 0.05) is 19.1 Å². The first kappa shape index (κ1) is 26.7. The van der Waals surface area contributed by atoms with Crippen molar-refractivity contribution in [2.24, 2.45) is 4.99 Å². The van der Waals surface area contributed by atoms with E-state index in [1.54, 1.807) is 7.11 Å². The minimum atomic E-state index is 0. The molecule has 1 aliphatic heterocycles. The van der Waals surface area contributed by atoms with Gasteiger partial charge in [-0.25, -0.2) is 4.99 Å². The van der Waals surface area contributed by atoms with Crippen molar-refractivity contribution >= 4 is 35.8 Å². The van der Waals surface area contributed by atoms with Crippen LogP contribution in [0, 0.1) is 0 Å². The number of rotatable bonds is 9. The zero-order valence-corrected chi connectivity index (χ0v) is 21.9. The Morgan fingerprint density at radius 1 is 1.09 bits per heavy atom. The van der Waals surface area contributed by atoms with Crippen LogP contribution in [-0.4, -0.2) is 62.6 Å². The molecule has 32 heavy (non-hydrogen) atoms. The monoisotopic (exact) mass is 557 g/mol. The van der Waals surface area contributed by atoms with Crippen molar-refractivity contribution in [2.75, 3.05) is 39.8 Å². The molecule has 3 N–H and O–H groups in total. The van der Waals surface area contributed by atoms with Crippen molar-refractivity contribution in [3.8, 4) is 5.75 Å². The molecule has 0 radical (unpaired) electrons. The van der Waals surface area contributed by atoms with Crippen LogP contribution >= 0.6 is 24.0 Å². The Morgan fingerprint density at radius 3 is 2.41 bits per heavy atom. The van der Waals surface area contributed by atoms with Crippen LogP contribution in [0.25, 0.3) is 0 Å². The molecule has 0 spiro atoms. The van der Waals surface area contributed by atoms with Gasteiger partial charge in [0.2, 0.25) is 5.91 Å². The summed E-state index contributed by atoms with van der Waals surface area (Å²) in [5.74, 6) is 1.57. The van der Waals surface area contributed by atoms with Crippen molar-refractivity contribution in [1.82, 2.24) is 20.9 Å². The molecule has 1 atom stereocenters. The molecule has 7 nitrogen and oxygen atoms in total. The molecule has 8 heteroatoms. The predicted molar refractivity (Wildman–Crippen MR) is 141 cm³/mol. The summed E-state index contributed by atoms with van der Waals surface area (Å²) in [6.07, 6.45) is 8.36. The number of hydrogen-bond acceptors (Lipinski definition) is 4. The van der Waals surface area contributed by atoms with Crippen molar-refractivity contribution in [1.29, 1.82) is 0 Å². The normalized spacial score (nSPS) is 18.5. The number of likely N-dealkylation sites (tertiary alicyclic amines) is 1. The van der Waals surface area contributed by atoms with Gasteiger partial charge in [-0.2, -0.15) is 0 Å². The smallest absolute Gasteiger partial charge is 0.242 e. The van der Waals surface area contributed by atoms with Crippen LogP contribution in [0.4, 0.5) is 0 Å². The van der Waals surface area contributed by atoms with E-state index in [2.05, 4.69) is 38.0 Å². The second-order valence-corrected chi connectivity index (χ2v) is 8.51. The SMILES string of the molecule is CCNC(=NCC(=O)NC1CCCCC1)NCC(c1ccc(OC)cc1)N1CCCC1.I. The van der Waals surface area contributed by atoms with E-state index >= 15 is 0 Å². The van der Waals surface area contributed by atoms with E-state index in [0.717, 1.165) is 44.8 Å². The predicted octanol–water partition coefficient (Wildman–Crippen LogP) is 3.45. The van der Waals surface area contributed by atoms with Gasteiger partial charge in [0.1, 0.15) is 12.3 Å². The minimum absolute atomic E-state index is 0. The fraction of sp³-hybridized carbons (Fsp3) is 0.667. The number of hydrogen-bond donors (Lipinski definition) is 3. The van der Waals surface area contributed by atoms with Gasteiger partial charge < -0.3 is 20.7 Å². The molecule has 1 aromatic rings. The van der Waals surface area contributed by atoms with Crippen molar-refractivity contribution in [3.05, 3.63) is 29.8 Å². The van der Waals surface area contributed by atoms with Gasteiger partial charge >= 0.3 is 0 Å². The number of methoxy groups -OCH3 is 1. The second-order valence-electron chi connectivity index (χ2n) is 8.51. The third kappa shape index (κ3) is 8.42. The first-order valence-electron chi connectivity index (χ1n) is 11.9. The van der Waals surface area contributed by atoms with Crippen molar-refractivity contribution in [3.63, 3.8) is 0 Å². The molecule has 1 saturated heterocycles. The molecule has 2 aliphatic rings. The van der Waals surface area contributed by atoms with E-state index in [9.17, 15) is 4.79 Å². The van der Waals surface area contributed by atoms with Crippen LogP contribution in [0.15, 0.2) is 29.3 Å². The van der Waals surface area contributed by atoms with E-state index in [4.69, 9.17) is 4.74 Å². The Hall–Kier alpha value is -1.55. The highest BCUT2D eigenvalue weighted by Gasteiger charge is 2.24. The molecular formula is C24H40IN5O2. The maximum atomic E-state index is 12.4. The van der Waals surface area contributed by atoms with Gasteiger partial charge in [-0.1, -0.05) is 31.4 Å². The van der Waals surface area contributed by atoms with Crippen LogP contribution in [0.2, 0.25) is 0 Å². The highest BCUT2D eigenvalue weighted by molar-refractivity contribution is 14.0. The largest absolute Gasteiger partial charge is 0.497 e. The molecule has 1 heterocycles. The van der Waals surface area contributed by atoms with Gasteiger partial charge in [0.05, 0.1) is 13.2 Å². The molecule has 1 unspecified atom stereocenters. The molecule has 0 bridgehead atoms. The summed E-state index contributed by atoms with van der Waals surface area (Å²) in [7, 11) is 1.69. The van der Waals surface area contributed by atoms with E-state index < -0.39 is 0 Å². The topological polar surface area (TPSA) is 78.0 Å². The van der Waals surface area contributed by atoms with Crippen LogP contribution < -0.4 is 20.7 Å². The summed E-state index contributed by atoms with van der Waals surface area (Å²) in [4.78, 5) is 19.4. The number of nitrogens with one attached hydrogen (secondary N) is 3. The Labute approximate surface area is 210 Å². The lowest BCUT2D eigenvalue weighted by molar-refractivity contribution is -0.120. The quantitative estimate of drug-likeness (QED) is 0.246. The molecule has 0 aromatic heterocycles. The second kappa shape index (κ2) is 14.6. The fourth-order valence-corrected chi connectivity index (χ4v) is 4.54. The number of amides is 1. The molecule has 1 aromatic carbocycles. The molecule has 1 saturated carbocycles. The Kier molecular flexibility index (Phi) is 12.2. The Balaban J connectivity index is 0.00000363.